The van der Waals surface area contributed by atoms with Gasteiger partial charge in [0.25, 0.3) is 0 Å². The van der Waals surface area contributed by atoms with Crippen molar-refractivity contribution in [1.29, 1.82) is 0 Å². The quantitative estimate of drug-likeness (QED) is 0.0197. The lowest BCUT2D eigenvalue weighted by atomic mass is 10.1. The molecule has 0 aliphatic carbocycles. The van der Waals surface area contributed by atoms with Crippen LogP contribution in [-0.2, 0) is 42.2 Å². The molecule has 3 atom stereocenters. The van der Waals surface area contributed by atoms with Crippen LogP contribution in [0, 0.1) is 0 Å². The normalized spacial score (nSPS) is 14.4. The van der Waals surface area contributed by atoms with Gasteiger partial charge in [-0.1, -0.05) is 205 Å². The summed E-state index contributed by atoms with van der Waals surface area (Å²) < 4.78 is 39.5. The number of esters is 3. The highest BCUT2D eigenvalue weighted by Gasteiger charge is 2.28. The van der Waals surface area contributed by atoms with Crippen molar-refractivity contribution in [2.75, 3.05) is 26.4 Å². The van der Waals surface area contributed by atoms with Crippen LogP contribution in [0.1, 0.15) is 213 Å². The van der Waals surface area contributed by atoms with Crippen LogP contribution in [0.25, 0.3) is 0 Å². The summed E-state index contributed by atoms with van der Waals surface area (Å²) in [7, 11) is -4.78. The van der Waals surface area contributed by atoms with Crippen LogP contribution in [0.5, 0.6) is 0 Å². The number of ether oxygens (including phenoxy) is 3. The molecule has 0 heterocycles. The Morgan fingerprint density at radius 1 is 0.359 bits per heavy atom. The summed E-state index contributed by atoms with van der Waals surface area (Å²) in [5.41, 5.74) is 0. The average Bonchev–Trinajstić information content (AvgIpc) is 3.43. The fourth-order valence-corrected chi connectivity index (χ4v) is 8.11. The first-order chi connectivity index (χ1) is 38.2. The van der Waals surface area contributed by atoms with E-state index in [1.165, 1.54) is 6.42 Å². The standard InChI is InChI=1S/C66H105O11P/c1-4-7-10-13-16-19-22-25-28-30-31-33-36-39-42-45-48-51-54-57-66(70)77-63(59-73-64(68)55-52-49-46-43-40-37-34-27-24-21-18-15-12-9-6-3)61-75-78(71,72)74-60-62(58-67)76-65(69)56-53-50-47-44-41-38-35-32-29-26-23-20-17-14-11-8-5-2/h7-12,16-21,25-29,31,33-34,39-40,42-43,62-63,67H,4-6,13-15,22-24,30,32,35-38,41,44-61H2,1-3H3,(H,71,72)/b10-7-,11-8-,12-9-,19-16-,20-17-,21-18-,28-25-,29-26-,33-31-,34-27-,42-39-,43-40-. The summed E-state index contributed by atoms with van der Waals surface area (Å²) in [5, 5.41) is 9.84. The van der Waals surface area contributed by atoms with Gasteiger partial charge in [-0.3, -0.25) is 23.4 Å². The number of hydrogen-bond donors (Lipinski definition) is 2. The van der Waals surface area contributed by atoms with E-state index in [4.69, 9.17) is 23.3 Å². The minimum atomic E-state index is -4.78. The van der Waals surface area contributed by atoms with Crippen LogP contribution in [0.4, 0.5) is 0 Å². The van der Waals surface area contributed by atoms with Crippen molar-refractivity contribution in [2.45, 2.75) is 226 Å². The van der Waals surface area contributed by atoms with Gasteiger partial charge in [-0.2, -0.15) is 0 Å². The van der Waals surface area contributed by atoms with Gasteiger partial charge >= 0.3 is 25.7 Å². The predicted octanol–water partition coefficient (Wildman–Crippen LogP) is 17.9. The van der Waals surface area contributed by atoms with E-state index in [1.54, 1.807) is 0 Å². The maximum absolute atomic E-state index is 12.9. The molecule has 0 aromatic heterocycles. The van der Waals surface area contributed by atoms with E-state index in [1.807, 2.05) is 0 Å². The van der Waals surface area contributed by atoms with E-state index in [0.29, 0.717) is 19.3 Å². The van der Waals surface area contributed by atoms with Gasteiger partial charge in [-0.05, 0) is 135 Å². The highest BCUT2D eigenvalue weighted by molar-refractivity contribution is 7.47. The van der Waals surface area contributed by atoms with Crippen LogP contribution >= 0.6 is 7.82 Å². The second-order valence-electron chi connectivity index (χ2n) is 19.0. The third kappa shape index (κ3) is 56.1. The smallest absolute Gasteiger partial charge is 0.462 e. The summed E-state index contributed by atoms with van der Waals surface area (Å²) >= 11 is 0. The molecule has 0 saturated heterocycles. The maximum atomic E-state index is 12.9. The molecule has 3 unspecified atom stereocenters. The molecule has 0 spiro atoms. The van der Waals surface area contributed by atoms with Gasteiger partial charge in [-0.25, -0.2) is 4.57 Å². The molecule has 0 amide bonds. The molecule has 0 radical (unpaired) electrons. The van der Waals surface area contributed by atoms with Gasteiger partial charge in [0.1, 0.15) is 12.7 Å². The first kappa shape index (κ1) is 73.4. The molecule has 0 aliphatic rings. The number of unbranched alkanes of at least 4 members (excludes halogenated alkanes) is 12. The Bertz CT molecular complexity index is 1860. The molecule has 440 valence electrons. The molecule has 2 N–H and O–H groups in total. The minimum Gasteiger partial charge on any atom is -0.462 e. The van der Waals surface area contributed by atoms with Crippen molar-refractivity contribution < 1.29 is 52.2 Å². The summed E-state index contributed by atoms with van der Waals surface area (Å²) in [6.45, 7) is 4.19. The van der Waals surface area contributed by atoms with Crippen LogP contribution in [0.15, 0.2) is 146 Å². The van der Waals surface area contributed by atoms with E-state index in [-0.39, 0.29) is 25.9 Å². The monoisotopic (exact) mass is 1100 g/mol. The highest BCUT2D eigenvalue weighted by Crippen LogP contribution is 2.43. The zero-order valence-corrected chi connectivity index (χ0v) is 49.5. The Balaban J connectivity index is 4.85. The number of carbonyl (C=O) groups is 3. The SMILES string of the molecule is CC/C=C\C/C=C\C/C=C\C/C=C\C/C=C\CCCCCC(=O)OC(COC(=O)CCCC/C=C\C/C=C\C/C=C\C/C=C\CC)COP(=O)(O)OCC(CO)OC(=O)CCCCCCCCC/C=C\C/C=C\C/C=C\CC. The highest BCUT2D eigenvalue weighted by atomic mass is 31.2. The number of phosphoric ester groups is 1. The van der Waals surface area contributed by atoms with Gasteiger partial charge in [0.05, 0.1) is 19.8 Å². The Morgan fingerprint density at radius 3 is 1.00 bits per heavy atom. The fourth-order valence-electron chi connectivity index (χ4n) is 7.33. The number of phosphoric acid groups is 1. The molecule has 11 nitrogen and oxygen atoms in total. The first-order valence-electron chi connectivity index (χ1n) is 29.7. The Kier molecular flexibility index (Phi) is 55.0. The number of hydrogen-bond acceptors (Lipinski definition) is 10. The third-order valence-corrected chi connectivity index (χ3v) is 12.7. The van der Waals surface area contributed by atoms with Gasteiger partial charge in [0, 0.05) is 19.3 Å². The number of aliphatic hydroxyl groups is 1. The lowest BCUT2D eigenvalue weighted by molar-refractivity contribution is -0.161. The molecule has 0 aliphatic heterocycles. The predicted molar refractivity (Wildman–Crippen MR) is 325 cm³/mol. The van der Waals surface area contributed by atoms with Crippen molar-refractivity contribution >= 4 is 25.7 Å². The maximum Gasteiger partial charge on any atom is 0.472 e. The Hall–Kier alpha value is -4.64. The van der Waals surface area contributed by atoms with Gasteiger partial charge in [0.2, 0.25) is 0 Å². The number of allylic oxidation sites excluding steroid dienone is 24. The third-order valence-electron chi connectivity index (χ3n) is 11.7. The van der Waals surface area contributed by atoms with Crippen molar-refractivity contribution in [3.8, 4) is 0 Å². The molecule has 0 aromatic rings. The molecular formula is C66H105O11P. The minimum absolute atomic E-state index is 0.110. The largest absolute Gasteiger partial charge is 0.472 e. The van der Waals surface area contributed by atoms with Crippen molar-refractivity contribution in [2.24, 2.45) is 0 Å². The van der Waals surface area contributed by atoms with Crippen LogP contribution in [-0.4, -0.2) is 66.5 Å². The van der Waals surface area contributed by atoms with Crippen LogP contribution < -0.4 is 0 Å². The summed E-state index contributed by atoms with van der Waals surface area (Å²) in [5.74, 6) is -1.58. The number of rotatable bonds is 53. The topological polar surface area (TPSA) is 155 Å². The average molecular weight is 1110 g/mol. The van der Waals surface area contributed by atoms with E-state index >= 15 is 0 Å². The zero-order valence-electron chi connectivity index (χ0n) is 48.6. The summed E-state index contributed by atoms with van der Waals surface area (Å²) in [4.78, 5) is 48.6. The Labute approximate surface area is 473 Å². The second kappa shape index (κ2) is 58.5. The number of aliphatic hydroxyl groups excluding tert-OH is 1. The molecule has 12 heteroatoms. The lowest BCUT2D eigenvalue weighted by Crippen LogP contribution is -2.30. The Morgan fingerprint density at radius 2 is 0.628 bits per heavy atom. The van der Waals surface area contributed by atoms with E-state index in [2.05, 4.69) is 167 Å². The number of carbonyl (C=O) groups excluding carboxylic acids is 3. The molecule has 0 aromatic carbocycles. The molecule has 78 heavy (non-hydrogen) atoms. The zero-order chi connectivity index (χ0) is 56.9. The van der Waals surface area contributed by atoms with Crippen molar-refractivity contribution in [3.63, 3.8) is 0 Å². The first-order valence-corrected chi connectivity index (χ1v) is 31.2. The lowest BCUT2D eigenvalue weighted by Gasteiger charge is -2.21. The molecule has 0 fully saturated rings. The van der Waals surface area contributed by atoms with E-state index in [9.17, 15) is 28.9 Å². The molecule has 0 rings (SSSR count). The molecule has 0 saturated carbocycles. The van der Waals surface area contributed by atoms with Crippen molar-refractivity contribution in [3.05, 3.63) is 146 Å². The fraction of sp³-hybridized carbons (Fsp3) is 0.591. The van der Waals surface area contributed by atoms with Gasteiger partial charge in [-0.15, -0.1) is 0 Å². The molecule has 0 bridgehead atoms. The summed E-state index contributed by atoms with van der Waals surface area (Å²) in [6.07, 6.45) is 75.2. The molecular weight excluding hydrogens is 1000 g/mol. The van der Waals surface area contributed by atoms with E-state index < -0.39 is 57.8 Å². The second-order valence-corrected chi connectivity index (χ2v) is 20.5. The van der Waals surface area contributed by atoms with Gasteiger partial charge in [0.15, 0.2) is 6.10 Å². The van der Waals surface area contributed by atoms with Crippen LogP contribution in [0.3, 0.4) is 0 Å². The van der Waals surface area contributed by atoms with Crippen LogP contribution in [0.2, 0.25) is 0 Å². The van der Waals surface area contributed by atoms with Crippen molar-refractivity contribution in [1.82, 2.24) is 0 Å². The van der Waals surface area contributed by atoms with Gasteiger partial charge < -0.3 is 24.2 Å². The summed E-state index contributed by atoms with van der Waals surface area (Å²) in [6, 6.07) is 0. The van der Waals surface area contributed by atoms with E-state index in [0.717, 1.165) is 148 Å².